The Hall–Kier alpha value is -4.58. The summed E-state index contributed by atoms with van der Waals surface area (Å²) in [5.74, 6) is 2.30. The van der Waals surface area contributed by atoms with Crippen molar-refractivity contribution in [2.24, 2.45) is 0 Å². The largest absolute Gasteiger partial charge is 0.293 e. The minimum atomic E-state index is 0.256. The highest BCUT2D eigenvalue weighted by atomic mass is 32.2. The van der Waals surface area contributed by atoms with Gasteiger partial charge in [-0.15, -0.1) is 11.8 Å². The Morgan fingerprint density at radius 1 is 0.585 bits per heavy atom. The van der Waals surface area contributed by atoms with E-state index in [4.69, 9.17) is 15.0 Å². The van der Waals surface area contributed by atoms with Gasteiger partial charge in [0.15, 0.2) is 17.5 Å². The Labute approximate surface area is 243 Å². The van der Waals surface area contributed by atoms with Crippen LogP contribution in [0.25, 0.3) is 40.2 Å². The normalized spacial score (nSPS) is 20.4. The summed E-state index contributed by atoms with van der Waals surface area (Å²) in [4.78, 5) is 16.1. The van der Waals surface area contributed by atoms with E-state index >= 15 is 0 Å². The molecule has 2 heterocycles. The Bertz CT molecular complexity index is 1790. The van der Waals surface area contributed by atoms with Crippen molar-refractivity contribution in [2.75, 3.05) is 0 Å². The minimum absolute atomic E-state index is 0.256. The van der Waals surface area contributed by atoms with Gasteiger partial charge in [-0.25, -0.2) is 15.0 Å². The predicted molar refractivity (Wildman–Crippen MR) is 168 cm³/mol. The van der Waals surface area contributed by atoms with Crippen LogP contribution in [-0.2, 0) is 0 Å². The molecule has 2 aliphatic carbocycles. The Morgan fingerprint density at radius 2 is 1.20 bits per heavy atom. The summed E-state index contributed by atoms with van der Waals surface area (Å²) >= 11 is 1.93. The second-order valence-electron chi connectivity index (χ2n) is 10.5. The molecule has 8 rings (SSSR count). The van der Waals surface area contributed by atoms with Gasteiger partial charge < -0.3 is 0 Å². The monoisotopic (exact) mass is 546 g/mol. The van der Waals surface area contributed by atoms with Gasteiger partial charge >= 0.3 is 0 Å². The van der Waals surface area contributed by atoms with Crippen LogP contribution >= 0.6 is 11.8 Å². The summed E-state index contributed by atoms with van der Waals surface area (Å²) in [6.07, 6.45) is 9.08. The summed E-state index contributed by atoms with van der Waals surface area (Å²) in [6.45, 7) is 0. The molecule has 3 unspecified atom stereocenters. The Morgan fingerprint density at radius 3 is 1.85 bits per heavy atom. The van der Waals surface area contributed by atoms with Gasteiger partial charge in [-0.05, 0) is 28.3 Å². The third-order valence-electron chi connectivity index (χ3n) is 7.96. The predicted octanol–water partition coefficient (Wildman–Crippen LogP) is 8.21. The van der Waals surface area contributed by atoms with E-state index in [1.807, 2.05) is 72.4 Å². The third kappa shape index (κ3) is 4.44. The van der Waals surface area contributed by atoms with E-state index in [2.05, 4.69) is 78.2 Å². The Balaban J connectivity index is 1.18. The van der Waals surface area contributed by atoms with E-state index < -0.39 is 0 Å². The van der Waals surface area contributed by atoms with Gasteiger partial charge in [0.2, 0.25) is 0 Å². The molecule has 4 nitrogen and oxygen atoms in total. The minimum Gasteiger partial charge on any atom is -0.293 e. The van der Waals surface area contributed by atoms with E-state index in [0.717, 1.165) is 16.7 Å². The molecule has 1 aromatic heterocycles. The zero-order valence-corrected chi connectivity index (χ0v) is 23.0. The Kier molecular flexibility index (Phi) is 5.98. The second-order valence-corrected chi connectivity index (χ2v) is 11.7. The van der Waals surface area contributed by atoms with Crippen molar-refractivity contribution in [1.29, 1.82) is 0 Å². The van der Waals surface area contributed by atoms with E-state index in [0.29, 0.717) is 17.5 Å². The van der Waals surface area contributed by atoms with Crippen molar-refractivity contribution in [3.63, 3.8) is 0 Å². The van der Waals surface area contributed by atoms with Crippen LogP contribution in [0.2, 0.25) is 0 Å². The summed E-state index contributed by atoms with van der Waals surface area (Å²) in [7, 11) is 0. The SMILES string of the molecule is C1=Cc2cc(-c3nc(-c4ccccc4)nc(-c4ccccc4)n3)ccc2C2C1=CC=C1SC(c3ccccc3)NC12. The highest BCUT2D eigenvalue weighted by Gasteiger charge is 2.40. The number of nitrogens with one attached hydrogen (secondary N) is 1. The van der Waals surface area contributed by atoms with E-state index in [1.165, 1.54) is 27.2 Å². The van der Waals surface area contributed by atoms with Crippen molar-refractivity contribution in [3.05, 3.63) is 155 Å². The maximum atomic E-state index is 4.94. The zero-order chi connectivity index (χ0) is 27.2. The van der Waals surface area contributed by atoms with Gasteiger partial charge in [-0.1, -0.05) is 127 Å². The molecule has 4 aromatic carbocycles. The standard InChI is InChI=1S/C36H26N4S/c1-4-10-24(11-5-1)33-38-34(25-12-6-2-7-13-25)40-35(39-33)28-18-20-29-27(22-28)17-16-23-19-21-30-32(31(23)29)37-36(41-30)26-14-8-3-9-15-26/h1-22,31-32,36-37H. The number of rotatable bonds is 4. The number of hydrogen-bond acceptors (Lipinski definition) is 5. The lowest BCUT2D eigenvalue weighted by molar-refractivity contribution is 0.541. The maximum Gasteiger partial charge on any atom is 0.164 e. The number of aromatic nitrogens is 3. The van der Waals surface area contributed by atoms with Crippen molar-refractivity contribution in [2.45, 2.75) is 17.3 Å². The van der Waals surface area contributed by atoms with Gasteiger partial charge in [0.25, 0.3) is 0 Å². The molecule has 0 amide bonds. The van der Waals surface area contributed by atoms with Crippen molar-refractivity contribution < 1.29 is 0 Å². The van der Waals surface area contributed by atoms with Crippen LogP contribution in [0.4, 0.5) is 0 Å². The van der Waals surface area contributed by atoms with Crippen LogP contribution in [0, 0.1) is 0 Å². The van der Waals surface area contributed by atoms with Crippen LogP contribution in [0.15, 0.2) is 138 Å². The molecule has 0 saturated carbocycles. The van der Waals surface area contributed by atoms with Crippen molar-refractivity contribution in [3.8, 4) is 34.2 Å². The number of thioether (sulfide) groups is 1. The zero-order valence-electron chi connectivity index (χ0n) is 22.2. The summed E-state index contributed by atoms with van der Waals surface area (Å²) < 4.78 is 0. The van der Waals surface area contributed by atoms with Gasteiger partial charge in [0, 0.05) is 27.5 Å². The fraction of sp³-hybridized carbons (Fsp3) is 0.0833. The fourth-order valence-electron chi connectivity index (χ4n) is 5.94. The maximum absolute atomic E-state index is 4.94. The lowest BCUT2D eigenvalue weighted by Gasteiger charge is -2.33. The molecule has 3 atom stereocenters. The van der Waals surface area contributed by atoms with Gasteiger partial charge in [-0.3, -0.25) is 5.32 Å². The lowest BCUT2D eigenvalue weighted by atomic mass is 9.76. The molecule has 0 spiro atoms. The first-order valence-corrected chi connectivity index (χ1v) is 14.8. The molecule has 0 bridgehead atoms. The average molecular weight is 547 g/mol. The molecule has 1 aliphatic heterocycles. The van der Waals surface area contributed by atoms with Gasteiger partial charge in [-0.2, -0.15) is 0 Å². The molecule has 196 valence electrons. The molecule has 41 heavy (non-hydrogen) atoms. The summed E-state index contributed by atoms with van der Waals surface area (Å²) in [6, 6.07) is 37.9. The second kappa shape index (κ2) is 10.1. The summed E-state index contributed by atoms with van der Waals surface area (Å²) in [5.41, 5.74) is 8.14. The number of fused-ring (bicyclic) bond motifs is 5. The quantitative estimate of drug-likeness (QED) is 0.246. The van der Waals surface area contributed by atoms with Crippen molar-refractivity contribution in [1.82, 2.24) is 20.3 Å². The van der Waals surface area contributed by atoms with Crippen LogP contribution in [0.3, 0.4) is 0 Å². The molecule has 1 N–H and O–H groups in total. The van der Waals surface area contributed by atoms with Gasteiger partial charge in [0.05, 0.1) is 11.4 Å². The van der Waals surface area contributed by atoms with Gasteiger partial charge in [0.1, 0.15) is 0 Å². The molecule has 5 heteroatoms. The number of hydrogen-bond donors (Lipinski definition) is 1. The molecular formula is C36H26N4S. The fourth-order valence-corrected chi connectivity index (χ4v) is 7.22. The van der Waals surface area contributed by atoms with Crippen LogP contribution < -0.4 is 5.32 Å². The highest BCUT2D eigenvalue weighted by molar-refractivity contribution is 8.03. The van der Waals surface area contributed by atoms with Crippen LogP contribution in [0.5, 0.6) is 0 Å². The number of nitrogens with zero attached hydrogens (tertiary/aromatic N) is 3. The third-order valence-corrected chi connectivity index (χ3v) is 9.27. The molecule has 1 fully saturated rings. The van der Waals surface area contributed by atoms with E-state index in [9.17, 15) is 0 Å². The number of allylic oxidation sites excluding steroid dienone is 3. The first-order valence-electron chi connectivity index (χ1n) is 13.9. The first-order chi connectivity index (χ1) is 20.3. The highest BCUT2D eigenvalue weighted by Crippen LogP contribution is 2.51. The van der Waals surface area contributed by atoms with Crippen LogP contribution in [0.1, 0.15) is 28.0 Å². The molecule has 5 aromatic rings. The van der Waals surface area contributed by atoms with E-state index in [1.54, 1.807) is 0 Å². The van der Waals surface area contributed by atoms with E-state index in [-0.39, 0.29) is 17.3 Å². The summed E-state index contributed by atoms with van der Waals surface area (Å²) in [5, 5.41) is 4.19. The molecule has 1 saturated heterocycles. The first kappa shape index (κ1) is 24.2. The number of benzene rings is 4. The van der Waals surface area contributed by atoms with Crippen LogP contribution in [-0.4, -0.2) is 21.0 Å². The topological polar surface area (TPSA) is 50.7 Å². The lowest BCUT2D eigenvalue weighted by Crippen LogP contribution is -2.34. The van der Waals surface area contributed by atoms with Crippen molar-refractivity contribution >= 4 is 17.8 Å². The molecular weight excluding hydrogens is 520 g/mol. The molecule has 3 aliphatic rings. The molecule has 0 radical (unpaired) electrons. The smallest absolute Gasteiger partial charge is 0.164 e. The average Bonchev–Trinajstić information content (AvgIpc) is 3.50.